The van der Waals surface area contributed by atoms with Crippen molar-refractivity contribution in [2.45, 2.75) is 18.4 Å². The number of carbonyl (C=O) groups is 2. The third-order valence-electron chi connectivity index (χ3n) is 7.71. The van der Waals surface area contributed by atoms with Crippen molar-refractivity contribution in [3.8, 4) is 11.1 Å². The number of rotatable bonds is 7. The SMILES string of the molecule is O=C(COC(=O)c1ccc2c(c1)[C@H]1C=CC[C@H]1[C@H](c1ccc([N+](=O)[O-])cc1)N2)c1ccc(-c2ccccc2)cc1. The number of anilines is 1. The molecular weight excluding hydrogens is 504 g/mol. The summed E-state index contributed by atoms with van der Waals surface area (Å²) in [5.41, 5.74) is 5.89. The van der Waals surface area contributed by atoms with Gasteiger partial charge < -0.3 is 10.1 Å². The van der Waals surface area contributed by atoms with E-state index in [4.69, 9.17) is 4.74 Å². The van der Waals surface area contributed by atoms with Gasteiger partial charge in [-0.2, -0.15) is 0 Å². The quantitative estimate of drug-likeness (QED) is 0.0897. The van der Waals surface area contributed by atoms with Gasteiger partial charge in [0, 0.05) is 29.3 Å². The Morgan fingerprint density at radius 2 is 1.57 bits per heavy atom. The topological polar surface area (TPSA) is 98.5 Å². The van der Waals surface area contributed by atoms with Crippen molar-refractivity contribution in [1.29, 1.82) is 0 Å². The number of nitrogens with one attached hydrogen (secondary N) is 1. The molecule has 4 aromatic carbocycles. The number of nitro benzene ring substituents is 1. The molecule has 6 rings (SSSR count). The van der Waals surface area contributed by atoms with E-state index in [1.54, 1.807) is 30.3 Å². The average Bonchev–Trinajstić information content (AvgIpc) is 3.50. The molecule has 0 bridgehead atoms. The minimum absolute atomic E-state index is 0.0167. The molecule has 2 aliphatic rings. The van der Waals surface area contributed by atoms with Crippen LogP contribution in [0.15, 0.2) is 109 Å². The second-order valence-corrected chi connectivity index (χ2v) is 10.1. The summed E-state index contributed by atoms with van der Waals surface area (Å²) in [4.78, 5) is 36.3. The van der Waals surface area contributed by atoms with Crippen molar-refractivity contribution >= 4 is 23.1 Å². The van der Waals surface area contributed by atoms with Gasteiger partial charge in [0.25, 0.3) is 5.69 Å². The molecule has 3 atom stereocenters. The summed E-state index contributed by atoms with van der Waals surface area (Å²) >= 11 is 0. The highest BCUT2D eigenvalue weighted by Crippen LogP contribution is 2.50. The largest absolute Gasteiger partial charge is 0.454 e. The molecule has 40 heavy (non-hydrogen) atoms. The molecule has 7 nitrogen and oxygen atoms in total. The Hall–Kier alpha value is -5.04. The molecule has 0 aromatic heterocycles. The number of Topliss-reactive ketones (excluding diaryl/α,β-unsaturated/α-hetero) is 1. The Morgan fingerprint density at radius 1 is 0.875 bits per heavy atom. The molecule has 0 spiro atoms. The first-order valence-electron chi connectivity index (χ1n) is 13.2. The highest BCUT2D eigenvalue weighted by molar-refractivity contribution is 5.99. The number of carbonyl (C=O) groups excluding carboxylic acids is 2. The van der Waals surface area contributed by atoms with Crippen LogP contribution in [0.4, 0.5) is 11.4 Å². The predicted octanol–water partition coefficient (Wildman–Crippen LogP) is 7.13. The van der Waals surface area contributed by atoms with Crippen LogP contribution >= 0.6 is 0 Å². The van der Waals surface area contributed by atoms with Crippen LogP contribution in [0, 0.1) is 16.0 Å². The van der Waals surface area contributed by atoms with E-state index in [9.17, 15) is 19.7 Å². The highest BCUT2D eigenvalue weighted by Gasteiger charge is 2.38. The van der Waals surface area contributed by atoms with Crippen molar-refractivity contribution in [3.05, 3.63) is 142 Å². The number of hydrogen-bond acceptors (Lipinski definition) is 6. The monoisotopic (exact) mass is 530 g/mol. The zero-order chi connectivity index (χ0) is 27.6. The molecule has 4 aromatic rings. The van der Waals surface area contributed by atoms with Crippen molar-refractivity contribution in [1.82, 2.24) is 0 Å². The number of hydrogen-bond donors (Lipinski definition) is 1. The maximum absolute atomic E-state index is 12.9. The van der Waals surface area contributed by atoms with Crippen molar-refractivity contribution < 1.29 is 19.2 Å². The van der Waals surface area contributed by atoms with Gasteiger partial charge in [0.1, 0.15) is 0 Å². The van der Waals surface area contributed by atoms with E-state index >= 15 is 0 Å². The van der Waals surface area contributed by atoms with Crippen LogP contribution in [0.2, 0.25) is 0 Å². The lowest BCUT2D eigenvalue weighted by atomic mass is 9.76. The predicted molar refractivity (Wildman–Crippen MR) is 152 cm³/mol. The summed E-state index contributed by atoms with van der Waals surface area (Å²) in [6, 6.07) is 29.2. The van der Waals surface area contributed by atoms with Gasteiger partial charge in [0.15, 0.2) is 12.4 Å². The third-order valence-corrected chi connectivity index (χ3v) is 7.71. The maximum Gasteiger partial charge on any atom is 0.338 e. The molecule has 7 heteroatoms. The summed E-state index contributed by atoms with van der Waals surface area (Å²) in [7, 11) is 0. The number of esters is 1. The van der Waals surface area contributed by atoms with E-state index < -0.39 is 10.9 Å². The fraction of sp³-hybridized carbons (Fsp3) is 0.152. The van der Waals surface area contributed by atoms with Gasteiger partial charge in [-0.15, -0.1) is 0 Å². The number of allylic oxidation sites excluding steroid dienone is 2. The van der Waals surface area contributed by atoms with E-state index in [-0.39, 0.29) is 36.0 Å². The molecule has 0 fully saturated rings. The van der Waals surface area contributed by atoms with Crippen molar-refractivity contribution in [3.63, 3.8) is 0 Å². The van der Waals surface area contributed by atoms with E-state index in [0.29, 0.717) is 11.1 Å². The molecule has 1 heterocycles. The number of ether oxygens (including phenoxy) is 1. The maximum atomic E-state index is 12.9. The van der Waals surface area contributed by atoms with E-state index in [2.05, 4.69) is 17.5 Å². The number of non-ortho nitro benzene ring substituents is 1. The van der Waals surface area contributed by atoms with Crippen LogP contribution in [-0.4, -0.2) is 23.3 Å². The Labute approximate surface area is 231 Å². The van der Waals surface area contributed by atoms with E-state index in [1.165, 1.54) is 12.1 Å². The number of ketones is 1. The number of fused-ring (bicyclic) bond motifs is 3. The Bertz CT molecular complexity index is 1610. The molecule has 0 saturated carbocycles. The molecule has 0 unspecified atom stereocenters. The summed E-state index contributed by atoms with van der Waals surface area (Å²) < 4.78 is 5.40. The lowest BCUT2D eigenvalue weighted by molar-refractivity contribution is -0.384. The van der Waals surface area contributed by atoms with Crippen LogP contribution in [0.5, 0.6) is 0 Å². The van der Waals surface area contributed by atoms with Gasteiger partial charge in [0.05, 0.1) is 16.5 Å². The Morgan fingerprint density at radius 3 is 2.30 bits per heavy atom. The van der Waals surface area contributed by atoms with Crippen LogP contribution in [0.3, 0.4) is 0 Å². The van der Waals surface area contributed by atoms with Crippen LogP contribution < -0.4 is 5.32 Å². The van der Waals surface area contributed by atoms with Crippen LogP contribution in [0.1, 0.15) is 50.2 Å². The van der Waals surface area contributed by atoms with Gasteiger partial charge in [-0.25, -0.2) is 4.79 Å². The number of benzene rings is 4. The molecule has 198 valence electrons. The molecule has 1 aliphatic heterocycles. The fourth-order valence-electron chi connectivity index (χ4n) is 5.63. The minimum Gasteiger partial charge on any atom is -0.454 e. The summed E-state index contributed by atoms with van der Waals surface area (Å²) in [5, 5.41) is 14.6. The van der Waals surface area contributed by atoms with Crippen LogP contribution in [-0.2, 0) is 4.74 Å². The van der Waals surface area contributed by atoms with Gasteiger partial charge in [-0.3, -0.25) is 14.9 Å². The second-order valence-electron chi connectivity index (χ2n) is 10.1. The number of nitrogens with zero attached hydrogens (tertiary/aromatic N) is 1. The Balaban J connectivity index is 1.14. The summed E-state index contributed by atoms with van der Waals surface area (Å²) in [5.74, 6) is -0.514. The molecule has 0 saturated heterocycles. The van der Waals surface area contributed by atoms with Gasteiger partial charge >= 0.3 is 5.97 Å². The second kappa shape index (κ2) is 10.6. The lowest BCUT2D eigenvalue weighted by Crippen LogP contribution is -2.29. The van der Waals surface area contributed by atoms with Gasteiger partial charge in [0.2, 0.25) is 0 Å². The normalized spacial score (nSPS) is 18.8. The van der Waals surface area contributed by atoms with Gasteiger partial charge in [-0.05, 0) is 52.8 Å². The third kappa shape index (κ3) is 4.89. The Kier molecular flexibility index (Phi) is 6.70. The average molecular weight is 531 g/mol. The summed E-state index contributed by atoms with van der Waals surface area (Å²) in [6.07, 6.45) is 5.14. The van der Waals surface area contributed by atoms with Crippen LogP contribution in [0.25, 0.3) is 11.1 Å². The highest BCUT2D eigenvalue weighted by atomic mass is 16.6. The molecular formula is C33H26N2O5. The first-order chi connectivity index (χ1) is 19.5. The minimum atomic E-state index is -0.548. The zero-order valence-corrected chi connectivity index (χ0v) is 21.5. The standard InChI is InChI=1S/C33H26N2O5/c36-31(23-11-9-22(10-12-23)21-5-2-1-3-6-21)20-40-33(37)25-15-18-30-29(19-25)27-7-4-8-28(27)32(34-30)24-13-16-26(17-14-24)35(38)39/h1-7,9-19,27-28,32,34H,8,20H2/t27-,28+,32-/m0/s1. The smallest absolute Gasteiger partial charge is 0.338 e. The first-order valence-corrected chi connectivity index (χ1v) is 13.2. The van der Waals surface area contributed by atoms with Gasteiger partial charge in [-0.1, -0.05) is 78.9 Å². The molecule has 0 radical (unpaired) electrons. The van der Waals surface area contributed by atoms with Crippen molar-refractivity contribution in [2.75, 3.05) is 11.9 Å². The number of nitro groups is 1. The fourth-order valence-corrected chi connectivity index (χ4v) is 5.63. The van der Waals surface area contributed by atoms with E-state index in [1.807, 2.05) is 54.6 Å². The van der Waals surface area contributed by atoms with E-state index in [0.717, 1.165) is 34.4 Å². The molecule has 0 amide bonds. The molecule has 1 aliphatic carbocycles. The lowest BCUT2D eigenvalue weighted by Gasteiger charge is -2.37. The first kappa shape index (κ1) is 25.2. The zero-order valence-electron chi connectivity index (χ0n) is 21.5. The molecule has 1 N–H and O–H groups in total. The summed E-state index contributed by atoms with van der Waals surface area (Å²) in [6.45, 7) is -0.340. The van der Waals surface area contributed by atoms with Crippen molar-refractivity contribution in [2.24, 2.45) is 5.92 Å².